The molecule has 60 heavy (non-hydrogen) atoms. The van der Waals surface area contributed by atoms with Gasteiger partial charge in [0.1, 0.15) is 0 Å². The number of fused-ring (bicyclic) bond motifs is 4. The van der Waals surface area contributed by atoms with Crippen LogP contribution >= 0.6 is 0 Å². The van der Waals surface area contributed by atoms with Crippen LogP contribution in [-0.2, 0) is 5.41 Å². The summed E-state index contributed by atoms with van der Waals surface area (Å²) in [6.45, 7) is 0. The fourth-order valence-corrected chi connectivity index (χ4v) is 9.89. The van der Waals surface area contributed by atoms with Crippen molar-refractivity contribution in [2.24, 2.45) is 0 Å². The van der Waals surface area contributed by atoms with E-state index in [0.717, 1.165) is 17.1 Å². The molecule has 282 valence electrons. The second-order valence-electron chi connectivity index (χ2n) is 15.5. The van der Waals surface area contributed by atoms with Gasteiger partial charge >= 0.3 is 0 Å². The normalized spacial score (nSPS) is 12.5. The van der Waals surface area contributed by atoms with Crippen molar-refractivity contribution >= 4 is 27.8 Å². The molecule has 10 aromatic carbocycles. The second-order valence-corrected chi connectivity index (χ2v) is 15.5. The largest absolute Gasteiger partial charge is 0.309 e. The maximum atomic E-state index is 2.56. The summed E-state index contributed by atoms with van der Waals surface area (Å²) in [4.78, 5) is 2.56. The monoisotopic (exact) mass is 763 g/mol. The molecule has 0 N–H and O–H groups in total. The second kappa shape index (κ2) is 14.9. The minimum atomic E-state index is -0.538. The molecule has 0 saturated heterocycles. The van der Waals surface area contributed by atoms with Crippen LogP contribution in [0.15, 0.2) is 249 Å². The molecule has 0 bridgehead atoms. The third kappa shape index (κ3) is 5.62. The Balaban J connectivity index is 1.29. The average molecular weight is 764 g/mol. The van der Waals surface area contributed by atoms with Gasteiger partial charge in [0.05, 0.1) is 22.5 Å². The highest BCUT2D eigenvalue weighted by molar-refractivity contribution is 6.08. The third-order valence-electron chi connectivity index (χ3n) is 12.4. The summed E-state index contributed by atoms with van der Waals surface area (Å²) in [6.07, 6.45) is 0. The SMILES string of the molecule is c1ccc(-c2ccccc2-c2c(-c3ccccc3)cccc2N(c2cccc3c2-c2ccccc2C3(c2ccccc2)c2ccccc2)c2cccc3ccccc23)cc1. The van der Waals surface area contributed by atoms with E-state index >= 15 is 0 Å². The molecule has 1 heteroatoms. The molecule has 11 rings (SSSR count). The van der Waals surface area contributed by atoms with Gasteiger partial charge in [0.15, 0.2) is 0 Å². The molecule has 1 nitrogen and oxygen atoms in total. The first-order valence-corrected chi connectivity index (χ1v) is 20.8. The summed E-state index contributed by atoms with van der Waals surface area (Å²) in [7, 11) is 0. The summed E-state index contributed by atoms with van der Waals surface area (Å²) in [5.74, 6) is 0. The Kier molecular flexibility index (Phi) is 8.79. The van der Waals surface area contributed by atoms with Crippen molar-refractivity contribution in [3.8, 4) is 44.5 Å². The molecule has 0 aliphatic heterocycles. The summed E-state index contributed by atoms with van der Waals surface area (Å²) < 4.78 is 0. The Labute approximate surface area is 352 Å². The van der Waals surface area contributed by atoms with E-state index in [-0.39, 0.29) is 0 Å². The van der Waals surface area contributed by atoms with Crippen LogP contribution in [0.5, 0.6) is 0 Å². The van der Waals surface area contributed by atoms with E-state index in [1.165, 1.54) is 77.5 Å². The lowest BCUT2D eigenvalue weighted by Crippen LogP contribution is -2.28. The fraction of sp³-hybridized carbons (Fsp3) is 0.0169. The quantitative estimate of drug-likeness (QED) is 0.149. The highest BCUT2D eigenvalue weighted by Crippen LogP contribution is 2.60. The van der Waals surface area contributed by atoms with E-state index in [1.807, 2.05) is 0 Å². The molecule has 0 atom stereocenters. The summed E-state index contributed by atoms with van der Waals surface area (Å²) in [6, 6.07) is 91.2. The first kappa shape index (κ1) is 35.4. The van der Waals surface area contributed by atoms with Crippen LogP contribution in [0, 0.1) is 0 Å². The Morgan fingerprint density at radius 2 is 0.700 bits per heavy atom. The van der Waals surface area contributed by atoms with E-state index in [2.05, 4.69) is 254 Å². The van der Waals surface area contributed by atoms with Gasteiger partial charge in [-0.25, -0.2) is 0 Å². The Bertz CT molecular complexity index is 3090. The van der Waals surface area contributed by atoms with Gasteiger partial charge in [-0.05, 0) is 79.2 Å². The summed E-state index contributed by atoms with van der Waals surface area (Å²) >= 11 is 0. The average Bonchev–Trinajstić information content (AvgIpc) is 3.64. The molecule has 1 aliphatic rings. The van der Waals surface area contributed by atoms with Crippen LogP contribution in [0.25, 0.3) is 55.3 Å². The topological polar surface area (TPSA) is 3.24 Å². The van der Waals surface area contributed by atoms with Gasteiger partial charge in [-0.1, -0.05) is 231 Å². The van der Waals surface area contributed by atoms with Gasteiger partial charge in [-0.15, -0.1) is 0 Å². The van der Waals surface area contributed by atoms with E-state index in [1.54, 1.807) is 0 Å². The van der Waals surface area contributed by atoms with Crippen molar-refractivity contribution in [3.63, 3.8) is 0 Å². The van der Waals surface area contributed by atoms with Crippen LogP contribution in [0.3, 0.4) is 0 Å². The number of benzene rings is 10. The first-order valence-electron chi connectivity index (χ1n) is 20.8. The van der Waals surface area contributed by atoms with Crippen LogP contribution in [0.1, 0.15) is 22.3 Å². The fourth-order valence-electron chi connectivity index (χ4n) is 9.89. The first-order chi connectivity index (χ1) is 29.8. The zero-order valence-electron chi connectivity index (χ0n) is 33.1. The van der Waals surface area contributed by atoms with E-state index in [0.29, 0.717) is 0 Å². The smallest absolute Gasteiger partial charge is 0.0714 e. The van der Waals surface area contributed by atoms with Gasteiger partial charge in [-0.3, -0.25) is 0 Å². The molecule has 0 spiro atoms. The maximum Gasteiger partial charge on any atom is 0.0714 e. The van der Waals surface area contributed by atoms with Crippen molar-refractivity contribution < 1.29 is 0 Å². The van der Waals surface area contributed by atoms with Gasteiger partial charge in [0.2, 0.25) is 0 Å². The lowest BCUT2D eigenvalue weighted by molar-refractivity contribution is 0.768. The van der Waals surface area contributed by atoms with Crippen molar-refractivity contribution in [3.05, 3.63) is 271 Å². The van der Waals surface area contributed by atoms with Crippen molar-refractivity contribution in [2.45, 2.75) is 5.41 Å². The predicted octanol–water partition coefficient (Wildman–Crippen LogP) is 15.7. The molecule has 0 aromatic heterocycles. The molecule has 0 fully saturated rings. The Morgan fingerprint density at radius 1 is 0.267 bits per heavy atom. The van der Waals surface area contributed by atoms with Crippen molar-refractivity contribution in [2.75, 3.05) is 4.90 Å². The molecule has 1 aliphatic carbocycles. The zero-order valence-corrected chi connectivity index (χ0v) is 33.1. The molecular weight excluding hydrogens is 723 g/mol. The third-order valence-corrected chi connectivity index (χ3v) is 12.4. The minimum Gasteiger partial charge on any atom is -0.309 e. The summed E-state index contributed by atoms with van der Waals surface area (Å²) in [5.41, 5.74) is 17.5. The minimum absolute atomic E-state index is 0.538. The molecular formula is C59H41N. The van der Waals surface area contributed by atoms with Crippen LogP contribution in [0.2, 0.25) is 0 Å². The van der Waals surface area contributed by atoms with Gasteiger partial charge in [-0.2, -0.15) is 0 Å². The van der Waals surface area contributed by atoms with Crippen LogP contribution in [-0.4, -0.2) is 0 Å². The van der Waals surface area contributed by atoms with E-state index < -0.39 is 5.41 Å². The zero-order chi connectivity index (χ0) is 39.9. The van der Waals surface area contributed by atoms with Gasteiger partial charge in [0.25, 0.3) is 0 Å². The Hall–Kier alpha value is -7.74. The molecule has 0 unspecified atom stereocenters. The highest BCUT2D eigenvalue weighted by atomic mass is 15.2. The number of nitrogens with zero attached hydrogens (tertiary/aromatic N) is 1. The van der Waals surface area contributed by atoms with E-state index in [9.17, 15) is 0 Å². The van der Waals surface area contributed by atoms with Crippen LogP contribution in [0.4, 0.5) is 17.1 Å². The van der Waals surface area contributed by atoms with Crippen molar-refractivity contribution in [1.29, 1.82) is 0 Å². The van der Waals surface area contributed by atoms with Gasteiger partial charge in [0, 0.05) is 16.5 Å². The van der Waals surface area contributed by atoms with Crippen molar-refractivity contribution in [1.82, 2.24) is 0 Å². The highest BCUT2D eigenvalue weighted by Gasteiger charge is 2.47. The van der Waals surface area contributed by atoms with E-state index in [4.69, 9.17) is 0 Å². The molecule has 10 aromatic rings. The molecule has 0 amide bonds. The van der Waals surface area contributed by atoms with Crippen LogP contribution < -0.4 is 4.90 Å². The number of hydrogen-bond donors (Lipinski definition) is 0. The predicted molar refractivity (Wildman–Crippen MR) is 252 cm³/mol. The molecule has 0 heterocycles. The Morgan fingerprint density at radius 3 is 1.38 bits per heavy atom. The lowest BCUT2D eigenvalue weighted by Gasteiger charge is -2.35. The molecule has 0 radical (unpaired) electrons. The maximum absolute atomic E-state index is 2.56. The standard InChI is InChI=1S/C59H41N/c1-5-22-42(23-6-1)47-32-15-16-34-50(47)57-49(44-24-7-2-8-25-44)36-20-40-55(57)60(54-39-19-27-43-26-13-14-33-48(43)54)56-41-21-38-53-58(56)51-35-17-18-37-52(51)59(53,45-28-9-3-10-29-45)46-30-11-4-12-31-46/h1-41H. The number of anilines is 3. The summed E-state index contributed by atoms with van der Waals surface area (Å²) in [5, 5.41) is 2.38. The lowest BCUT2D eigenvalue weighted by atomic mass is 9.68. The number of rotatable bonds is 8. The number of hydrogen-bond acceptors (Lipinski definition) is 1. The van der Waals surface area contributed by atoms with Gasteiger partial charge < -0.3 is 4.90 Å². The molecule has 0 saturated carbocycles.